The smallest absolute Gasteiger partial charge is 0.225 e. The first-order valence-electron chi connectivity index (χ1n) is 7.44. The first kappa shape index (κ1) is 15.6. The fourth-order valence-electron chi connectivity index (χ4n) is 2.60. The fourth-order valence-corrected chi connectivity index (χ4v) is 2.60. The molecule has 1 saturated heterocycles. The Morgan fingerprint density at radius 1 is 1.38 bits per heavy atom. The van der Waals surface area contributed by atoms with Crippen LogP contribution in [0, 0.1) is 5.92 Å². The molecule has 0 aromatic heterocycles. The predicted octanol–water partition coefficient (Wildman–Crippen LogP) is 1.92. The number of carbonyl (C=O) groups excluding carboxylic acids is 1. The molecule has 0 unspecified atom stereocenters. The molecule has 1 heterocycles. The van der Waals surface area contributed by atoms with Crippen LogP contribution in [0.15, 0.2) is 24.3 Å². The van der Waals surface area contributed by atoms with Gasteiger partial charge in [0.05, 0.1) is 13.0 Å². The monoisotopic (exact) mass is 292 g/mol. The van der Waals surface area contributed by atoms with Crippen molar-refractivity contribution in [3.05, 3.63) is 24.3 Å². The third kappa shape index (κ3) is 4.93. The highest BCUT2D eigenvalue weighted by atomic mass is 16.5. The third-order valence-electron chi connectivity index (χ3n) is 3.81. The van der Waals surface area contributed by atoms with E-state index in [1.165, 1.54) is 0 Å². The molecule has 0 radical (unpaired) electrons. The average Bonchev–Trinajstić information content (AvgIpc) is 2.48. The standard InChI is InChI=1S/C16H24N2O3/c1-20-12-13-5-8-18(9-6-13)16(19)7-10-21-15-4-2-3-14(17)11-15/h2-4,11,13H,5-10,12,17H2,1H3. The molecule has 1 amide bonds. The molecule has 21 heavy (non-hydrogen) atoms. The number of nitrogens with zero attached hydrogens (tertiary/aromatic N) is 1. The maximum atomic E-state index is 12.1. The number of nitrogen functional groups attached to an aromatic ring is 1. The molecule has 2 rings (SSSR count). The number of benzene rings is 1. The number of piperidine rings is 1. The summed E-state index contributed by atoms with van der Waals surface area (Å²) >= 11 is 0. The summed E-state index contributed by atoms with van der Waals surface area (Å²) in [5.41, 5.74) is 6.35. The van der Waals surface area contributed by atoms with Gasteiger partial charge in [-0.25, -0.2) is 0 Å². The van der Waals surface area contributed by atoms with Crippen molar-refractivity contribution in [2.24, 2.45) is 5.92 Å². The number of methoxy groups -OCH3 is 1. The Morgan fingerprint density at radius 3 is 2.81 bits per heavy atom. The summed E-state index contributed by atoms with van der Waals surface area (Å²) in [6.07, 6.45) is 2.45. The van der Waals surface area contributed by atoms with Crippen LogP contribution in [0.2, 0.25) is 0 Å². The summed E-state index contributed by atoms with van der Waals surface area (Å²) in [5, 5.41) is 0. The van der Waals surface area contributed by atoms with Crippen molar-refractivity contribution in [2.75, 3.05) is 39.1 Å². The van der Waals surface area contributed by atoms with Gasteiger partial charge >= 0.3 is 0 Å². The maximum Gasteiger partial charge on any atom is 0.225 e. The van der Waals surface area contributed by atoms with E-state index in [4.69, 9.17) is 15.2 Å². The van der Waals surface area contributed by atoms with Crippen molar-refractivity contribution in [2.45, 2.75) is 19.3 Å². The summed E-state index contributed by atoms with van der Waals surface area (Å²) in [7, 11) is 1.73. The Labute approximate surface area is 126 Å². The van der Waals surface area contributed by atoms with Gasteiger partial charge in [-0.2, -0.15) is 0 Å². The van der Waals surface area contributed by atoms with E-state index < -0.39 is 0 Å². The van der Waals surface area contributed by atoms with E-state index in [1.54, 1.807) is 13.2 Å². The molecule has 1 aliphatic heterocycles. The molecule has 0 spiro atoms. The largest absolute Gasteiger partial charge is 0.493 e. The SMILES string of the molecule is COCC1CCN(C(=O)CCOc2cccc(N)c2)CC1. The molecule has 0 bridgehead atoms. The van der Waals surface area contributed by atoms with Gasteiger partial charge in [-0.15, -0.1) is 0 Å². The fraction of sp³-hybridized carbons (Fsp3) is 0.562. The van der Waals surface area contributed by atoms with E-state index in [1.807, 2.05) is 23.1 Å². The lowest BCUT2D eigenvalue weighted by Crippen LogP contribution is -2.39. The van der Waals surface area contributed by atoms with Gasteiger partial charge < -0.3 is 20.1 Å². The molecule has 0 saturated carbocycles. The zero-order valence-corrected chi connectivity index (χ0v) is 12.6. The number of anilines is 1. The van der Waals surface area contributed by atoms with E-state index in [9.17, 15) is 4.79 Å². The second kappa shape index (κ2) is 7.88. The highest BCUT2D eigenvalue weighted by Crippen LogP contribution is 2.18. The average molecular weight is 292 g/mol. The second-order valence-electron chi connectivity index (χ2n) is 5.45. The number of nitrogens with two attached hydrogens (primary N) is 1. The first-order valence-corrected chi connectivity index (χ1v) is 7.44. The highest BCUT2D eigenvalue weighted by Gasteiger charge is 2.22. The van der Waals surface area contributed by atoms with Crippen molar-refractivity contribution >= 4 is 11.6 Å². The molecule has 2 N–H and O–H groups in total. The van der Waals surface area contributed by atoms with Crippen LogP contribution >= 0.6 is 0 Å². The van der Waals surface area contributed by atoms with Crippen molar-refractivity contribution in [3.63, 3.8) is 0 Å². The number of ether oxygens (including phenoxy) is 2. The zero-order chi connectivity index (χ0) is 15.1. The molecular weight excluding hydrogens is 268 g/mol. The number of amides is 1. The highest BCUT2D eigenvalue weighted by molar-refractivity contribution is 5.76. The van der Waals surface area contributed by atoms with Crippen molar-refractivity contribution < 1.29 is 14.3 Å². The Hall–Kier alpha value is -1.75. The Bertz CT molecular complexity index is 457. The van der Waals surface area contributed by atoms with Crippen LogP contribution in [-0.2, 0) is 9.53 Å². The Kier molecular flexibility index (Phi) is 5.87. The van der Waals surface area contributed by atoms with Gasteiger partial charge in [0, 0.05) is 38.6 Å². The van der Waals surface area contributed by atoms with Crippen LogP contribution in [0.1, 0.15) is 19.3 Å². The van der Waals surface area contributed by atoms with Gasteiger partial charge in [0.2, 0.25) is 5.91 Å². The maximum absolute atomic E-state index is 12.1. The minimum atomic E-state index is 0.162. The molecular formula is C16H24N2O3. The van der Waals surface area contributed by atoms with Gasteiger partial charge in [-0.1, -0.05) is 6.07 Å². The molecule has 1 aromatic rings. The van der Waals surface area contributed by atoms with Gasteiger partial charge in [-0.3, -0.25) is 4.79 Å². The van der Waals surface area contributed by atoms with Crippen molar-refractivity contribution in [1.82, 2.24) is 4.90 Å². The lowest BCUT2D eigenvalue weighted by molar-refractivity contribution is -0.133. The van der Waals surface area contributed by atoms with E-state index in [0.717, 1.165) is 32.5 Å². The number of rotatable bonds is 6. The summed E-state index contributed by atoms with van der Waals surface area (Å²) in [6, 6.07) is 7.26. The molecule has 116 valence electrons. The number of carbonyl (C=O) groups is 1. The first-order chi connectivity index (χ1) is 10.2. The second-order valence-corrected chi connectivity index (χ2v) is 5.45. The topological polar surface area (TPSA) is 64.8 Å². The van der Waals surface area contributed by atoms with Crippen LogP contribution in [0.5, 0.6) is 5.75 Å². The molecule has 0 aliphatic carbocycles. The summed E-state index contributed by atoms with van der Waals surface area (Å²) in [6.45, 7) is 2.83. The van der Waals surface area contributed by atoms with Gasteiger partial charge in [-0.05, 0) is 30.9 Å². The molecule has 1 fully saturated rings. The molecule has 1 aromatic carbocycles. The normalized spacial score (nSPS) is 16.0. The lowest BCUT2D eigenvalue weighted by atomic mass is 9.97. The lowest BCUT2D eigenvalue weighted by Gasteiger charge is -2.31. The predicted molar refractivity (Wildman–Crippen MR) is 82.1 cm³/mol. The van der Waals surface area contributed by atoms with Gasteiger partial charge in [0.25, 0.3) is 0 Å². The van der Waals surface area contributed by atoms with Crippen LogP contribution in [0.3, 0.4) is 0 Å². The van der Waals surface area contributed by atoms with E-state index in [0.29, 0.717) is 30.4 Å². The van der Waals surface area contributed by atoms with E-state index in [-0.39, 0.29) is 5.91 Å². The minimum Gasteiger partial charge on any atom is -0.493 e. The van der Waals surface area contributed by atoms with Crippen LogP contribution in [0.4, 0.5) is 5.69 Å². The zero-order valence-electron chi connectivity index (χ0n) is 12.6. The molecule has 0 atom stereocenters. The molecule has 5 heteroatoms. The van der Waals surface area contributed by atoms with E-state index in [2.05, 4.69) is 0 Å². The van der Waals surface area contributed by atoms with Crippen LogP contribution < -0.4 is 10.5 Å². The summed E-state index contributed by atoms with van der Waals surface area (Å²) in [5.74, 6) is 1.46. The van der Waals surface area contributed by atoms with Gasteiger partial charge in [0.15, 0.2) is 0 Å². The Morgan fingerprint density at radius 2 is 2.14 bits per heavy atom. The number of likely N-dealkylation sites (tertiary alicyclic amines) is 1. The van der Waals surface area contributed by atoms with Crippen molar-refractivity contribution in [3.8, 4) is 5.75 Å². The van der Waals surface area contributed by atoms with Crippen molar-refractivity contribution in [1.29, 1.82) is 0 Å². The minimum absolute atomic E-state index is 0.162. The number of hydrogen-bond donors (Lipinski definition) is 1. The van der Waals surface area contributed by atoms with Crippen LogP contribution in [-0.4, -0.2) is 44.2 Å². The summed E-state index contributed by atoms with van der Waals surface area (Å²) < 4.78 is 10.7. The number of hydrogen-bond acceptors (Lipinski definition) is 4. The molecule has 5 nitrogen and oxygen atoms in total. The summed E-state index contributed by atoms with van der Waals surface area (Å²) in [4.78, 5) is 14.0. The Balaban J connectivity index is 1.68. The quantitative estimate of drug-likeness (QED) is 0.814. The van der Waals surface area contributed by atoms with Gasteiger partial charge in [0.1, 0.15) is 5.75 Å². The molecule has 1 aliphatic rings. The van der Waals surface area contributed by atoms with Crippen LogP contribution in [0.25, 0.3) is 0 Å². The third-order valence-corrected chi connectivity index (χ3v) is 3.81. The van der Waals surface area contributed by atoms with E-state index >= 15 is 0 Å².